The summed E-state index contributed by atoms with van der Waals surface area (Å²) in [5.41, 5.74) is 3.39. The number of aromatic nitrogens is 1. The lowest BCUT2D eigenvalue weighted by Gasteiger charge is -2.15. The van der Waals surface area contributed by atoms with Crippen LogP contribution >= 0.6 is 0 Å². The molecule has 0 spiro atoms. The minimum atomic E-state index is 0.475. The van der Waals surface area contributed by atoms with E-state index in [-0.39, 0.29) is 0 Å². The lowest BCUT2D eigenvalue weighted by molar-refractivity contribution is 0.450. The van der Waals surface area contributed by atoms with Gasteiger partial charge in [0.2, 0.25) is 5.88 Å². The molecule has 1 heterocycles. The first-order chi connectivity index (χ1) is 10.1. The molecule has 0 saturated heterocycles. The molecular formula is C18H24N2O. The average Bonchev–Trinajstić information content (AvgIpc) is 2.47. The molecule has 0 amide bonds. The summed E-state index contributed by atoms with van der Waals surface area (Å²) in [5, 5.41) is 3.16. The van der Waals surface area contributed by atoms with Gasteiger partial charge in [-0.15, -0.1) is 0 Å². The summed E-state index contributed by atoms with van der Waals surface area (Å²) in [6.07, 6.45) is 1.09. The van der Waals surface area contributed by atoms with E-state index >= 15 is 0 Å². The molecule has 1 aromatic heterocycles. The van der Waals surface area contributed by atoms with Crippen molar-refractivity contribution >= 4 is 0 Å². The highest BCUT2D eigenvalue weighted by atomic mass is 16.5. The third-order valence-corrected chi connectivity index (χ3v) is 3.65. The summed E-state index contributed by atoms with van der Waals surface area (Å²) >= 11 is 0. The Morgan fingerprint density at radius 2 is 2.00 bits per heavy atom. The molecule has 1 aromatic carbocycles. The van der Waals surface area contributed by atoms with Gasteiger partial charge in [0.15, 0.2) is 0 Å². The standard InChI is InChI=1S/C18H24N2O/c1-5-13(2)16-8-6-7-9-17(16)21-18-11-15(12-19-4)10-14(3)20-18/h6-11,13,19H,5,12H2,1-4H3. The summed E-state index contributed by atoms with van der Waals surface area (Å²) in [6.45, 7) is 7.22. The van der Waals surface area contributed by atoms with Crippen molar-refractivity contribution in [3.8, 4) is 11.6 Å². The monoisotopic (exact) mass is 284 g/mol. The zero-order chi connectivity index (χ0) is 15.2. The molecule has 0 saturated carbocycles. The van der Waals surface area contributed by atoms with E-state index in [1.807, 2.05) is 32.2 Å². The van der Waals surface area contributed by atoms with E-state index in [4.69, 9.17) is 4.74 Å². The molecule has 3 nitrogen and oxygen atoms in total. The number of pyridine rings is 1. The molecule has 0 fully saturated rings. The Morgan fingerprint density at radius 3 is 2.71 bits per heavy atom. The summed E-state index contributed by atoms with van der Waals surface area (Å²) in [5.74, 6) is 2.04. The van der Waals surface area contributed by atoms with Crippen LogP contribution in [0.3, 0.4) is 0 Å². The second-order valence-electron chi connectivity index (χ2n) is 5.43. The van der Waals surface area contributed by atoms with Crippen molar-refractivity contribution in [1.29, 1.82) is 0 Å². The first-order valence-electron chi connectivity index (χ1n) is 7.53. The van der Waals surface area contributed by atoms with Gasteiger partial charge in [0.1, 0.15) is 5.75 Å². The number of ether oxygens (including phenoxy) is 1. The van der Waals surface area contributed by atoms with E-state index < -0.39 is 0 Å². The quantitative estimate of drug-likeness (QED) is 0.853. The van der Waals surface area contributed by atoms with Gasteiger partial charge in [0.05, 0.1) is 0 Å². The van der Waals surface area contributed by atoms with Crippen LogP contribution in [0.1, 0.15) is 43.0 Å². The third-order valence-electron chi connectivity index (χ3n) is 3.65. The Hall–Kier alpha value is -1.87. The van der Waals surface area contributed by atoms with Gasteiger partial charge in [-0.05, 0) is 49.6 Å². The van der Waals surface area contributed by atoms with Gasteiger partial charge in [0.25, 0.3) is 0 Å². The van der Waals surface area contributed by atoms with Gasteiger partial charge >= 0.3 is 0 Å². The van der Waals surface area contributed by atoms with Crippen LogP contribution in [0.5, 0.6) is 11.6 Å². The van der Waals surface area contributed by atoms with Gasteiger partial charge in [-0.1, -0.05) is 32.0 Å². The van der Waals surface area contributed by atoms with Crippen molar-refractivity contribution in [2.45, 2.75) is 39.7 Å². The third kappa shape index (κ3) is 4.05. The smallest absolute Gasteiger partial charge is 0.219 e. The number of para-hydroxylation sites is 1. The number of rotatable bonds is 6. The number of aryl methyl sites for hydroxylation is 1. The molecule has 0 aliphatic rings. The summed E-state index contributed by atoms with van der Waals surface area (Å²) in [7, 11) is 1.94. The predicted octanol–water partition coefficient (Wildman–Crippen LogP) is 4.42. The number of nitrogens with one attached hydrogen (secondary N) is 1. The first-order valence-corrected chi connectivity index (χ1v) is 7.53. The molecule has 0 bridgehead atoms. The largest absolute Gasteiger partial charge is 0.439 e. The lowest BCUT2D eigenvalue weighted by atomic mass is 9.98. The fourth-order valence-corrected chi connectivity index (χ4v) is 2.38. The molecule has 2 rings (SSSR count). The van der Waals surface area contributed by atoms with Crippen LogP contribution in [-0.4, -0.2) is 12.0 Å². The number of nitrogens with zero attached hydrogens (tertiary/aromatic N) is 1. The Balaban J connectivity index is 2.30. The van der Waals surface area contributed by atoms with Crippen molar-refractivity contribution in [2.24, 2.45) is 0 Å². The van der Waals surface area contributed by atoms with Crippen LogP contribution in [0, 0.1) is 6.92 Å². The highest BCUT2D eigenvalue weighted by Crippen LogP contribution is 2.31. The van der Waals surface area contributed by atoms with Crippen molar-refractivity contribution in [3.05, 3.63) is 53.2 Å². The molecule has 112 valence electrons. The summed E-state index contributed by atoms with van der Waals surface area (Å²) in [4.78, 5) is 4.49. The minimum Gasteiger partial charge on any atom is -0.439 e. The van der Waals surface area contributed by atoms with E-state index in [9.17, 15) is 0 Å². The van der Waals surface area contributed by atoms with E-state index in [1.54, 1.807) is 0 Å². The summed E-state index contributed by atoms with van der Waals surface area (Å²) in [6, 6.07) is 12.3. The molecule has 0 aliphatic carbocycles. The Bertz CT molecular complexity index is 596. The normalized spacial score (nSPS) is 12.2. The lowest BCUT2D eigenvalue weighted by Crippen LogP contribution is -2.06. The SMILES string of the molecule is CCC(C)c1ccccc1Oc1cc(CNC)cc(C)n1. The summed E-state index contributed by atoms with van der Waals surface area (Å²) < 4.78 is 6.06. The molecule has 21 heavy (non-hydrogen) atoms. The zero-order valence-corrected chi connectivity index (χ0v) is 13.3. The molecule has 0 aliphatic heterocycles. The maximum Gasteiger partial charge on any atom is 0.219 e. The topological polar surface area (TPSA) is 34.1 Å². The second-order valence-corrected chi connectivity index (χ2v) is 5.43. The van der Waals surface area contributed by atoms with Gasteiger partial charge in [-0.2, -0.15) is 0 Å². The Labute approximate surface area is 127 Å². The number of benzene rings is 1. The predicted molar refractivity (Wildman–Crippen MR) is 87.0 cm³/mol. The minimum absolute atomic E-state index is 0.475. The Kier molecular flexibility index (Phi) is 5.34. The maximum atomic E-state index is 6.06. The van der Waals surface area contributed by atoms with Crippen molar-refractivity contribution in [3.63, 3.8) is 0 Å². The van der Waals surface area contributed by atoms with E-state index in [0.717, 1.165) is 24.4 Å². The van der Waals surface area contributed by atoms with Crippen LogP contribution < -0.4 is 10.1 Å². The Morgan fingerprint density at radius 1 is 1.24 bits per heavy atom. The van der Waals surface area contributed by atoms with Gasteiger partial charge in [-0.25, -0.2) is 4.98 Å². The van der Waals surface area contributed by atoms with Crippen molar-refractivity contribution < 1.29 is 4.74 Å². The first kappa shape index (κ1) is 15.5. The van der Waals surface area contributed by atoms with Crippen molar-refractivity contribution in [2.75, 3.05) is 7.05 Å². The second kappa shape index (κ2) is 7.23. The molecule has 2 aromatic rings. The van der Waals surface area contributed by atoms with Crippen LogP contribution in [-0.2, 0) is 6.54 Å². The van der Waals surface area contributed by atoms with E-state index in [1.165, 1.54) is 11.1 Å². The van der Waals surface area contributed by atoms with Crippen molar-refractivity contribution in [1.82, 2.24) is 10.3 Å². The van der Waals surface area contributed by atoms with Gasteiger partial charge in [-0.3, -0.25) is 0 Å². The zero-order valence-electron chi connectivity index (χ0n) is 13.3. The van der Waals surface area contributed by atoms with E-state index in [2.05, 4.69) is 42.3 Å². The molecule has 1 unspecified atom stereocenters. The fraction of sp³-hybridized carbons (Fsp3) is 0.389. The van der Waals surface area contributed by atoms with Crippen LogP contribution in [0.25, 0.3) is 0 Å². The van der Waals surface area contributed by atoms with E-state index in [0.29, 0.717) is 11.8 Å². The number of hydrogen-bond acceptors (Lipinski definition) is 3. The maximum absolute atomic E-state index is 6.06. The molecule has 1 N–H and O–H groups in total. The molecule has 0 radical (unpaired) electrons. The van der Waals surface area contributed by atoms with Crippen LogP contribution in [0.2, 0.25) is 0 Å². The molecule has 3 heteroatoms. The highest BCUT2D eigenvalue weighted by Gasteiger charge is 2.11. The van der Waals surface area contributed by atoms with Gasteiger partial charge in [0, 0.05) is 18.3 Å². The molecule has 1 atom stereocenters. The highest BCUT2D eigenvalue weighted by molar-refractivity contribution is 5.39. The average molecular weight is 284 g/mol. The van der Waals surface area contributed by atoms with Crippen LogP contribution in [0.15, 0.2) is 36.4 Å². The fourth-order valence-electron chi connectivity index (χ4n) is 2.38. The van der Waals surface area contributed by atoms with Gasteiger partial charge < -0.3 is 10.1 Å². The number of hydrogen-bond donors (Lipinski definition) is 1. The molecular weight excluding hydrogens is 260 g/mol. The van der Waals surface area contributed by atoms with Crippen LogP contribution in [0.4, 0.5) is 0 Å².